The maximum absolute atomic E-state index is 4.91. The van der Waals surface area contributed by atoms with Crippen LogP contribution in [0.15, 0.2) is 61.4 Å². The Balaban J connectivity index is 1.69. The van der Waals surface area contributed by atoms with Crippen molar-refractivity contribution in [1.29, 1.82) is 0 Å². The molecular weight excluding hydrogens is 440 g/mol. The van der Waals surface area contributed by atoms with Crippen LogP contribution in [0.4, 0.5) is 0 Å². The molecule has 174 valence electrons. The zero-order valence-electron chi connectivity index (χ0n) is 19.9. The number of aromatic nitrogens is 10. The average Bonchev–Trinajstić information content (AvgIpc) is 3.61. The van der Waals surface area contributed by atoms with Gasteiger partial charge in [0.15, 0.2) is 5.65 Å². The van der Waals surface area contributed by atoms with Crippen molar-refractivity contribution in [2.45, 2.75) is 39.5 Å². The summed E-state index contributed by atoms with van der Waals surface area (Å²) in [5, 5.41) is 0.982. The summed E-state index contributed by atoms with van der Waals surface area (Å²) in [4.78, 5) is 33.0. The minimum atomic E-state index is 0.187. The van der Waals surface area contributed by atoms with Crippen LogP contribution in [0.5, 0.6) is 0 Å². The van der Waals surface area contributed by atoms with Gasteiger partial charge >= 0.3 is 0 Å². The molecule has 0 amide bonds. The molecule has 0 aliphatic rings. The highest BCUT2D eigenvalue weighted by molar-refractivity contribution is 6.05. The third-order valence-corrected chi connectivity index (χ3v) is 5.89. The minimum Gasteiger partial charge on any atom is -0.271 e. The summed E-state index contributed by atoms with van der Waals surface area (Å²) in [5.74, 6) is 3.51. The fourth-order valence-electron chi connectivity index (χ4n) is 4.35. The van der Waals surface area contributed by atoms with Crippen molar-refractivity contribution >= 4 is 22.1 Å². The van der Waals surface area contributed by atoms with Crippen LogP contribution in [0, 0.1) is 0 Å². The zero-order chi connectivity index (χ0) is 24.1. The van der Waals surface area contributed by atoms with Crippen molar-refractivity contribution in [3.63, 3.8) is 0 Å². The Kier molecular flexibility index (Phi) is 4.87. The van der Waals surface area contributed by atoms with Crippen molar-refractivity contribution < 1.29 is 0 Å². The van der Waals surface area contributed by atoms with E-state index < -0.39 is 0 Å². The number of benzene rings is 1. The second-order valence-electron chi connectivity index (χ2n) is 8.94. The molecular formula is C25H24N10. The molecule has 0 aliphatic heterocycles. The van der Waals surface area contributed by atoms with Gasteiger partial charge in [-0.25, -0.2) is 15.0 Å². The normalized spacial score (nSPS) is 11.9. The number of nitrogens with zero attached hydrogens (tertiary/aromatic N) is 10. The van der Waals surface area contributed by atoms with Crippen LogP contribution in [-0.4, -0.2) is 48.6 Å². The summed E-state index contributed by atoms with van der Waals surface area (Å²) in [7, 11) is 0. The van der Waals surface area contributed by atoms with E-state index in [-0.39, 0.29) is 11.8 Å². The molecule has 0 aliphatic carbocycles. The minimum absolute atomic E-state index is 0.187. The van der Waals surface area contributed by atoms with Crippen LogP contribution in [0.2, 0.25) is 0 Å². The predicted octanol–water partition coefficient (Wildman–Crippen LogP) is 4.38. The molecule has 0 atom stereocenters. The molecule has 0 N–H and O–H groups in total. The third kappa shape index (κ3) is 3.37. The van der Waals surface area contributed by atoms with Crippen LogP contribution in [0.25, 0.3) is 39.9 Å². The van der Waals surface area contributed by atoms with E-state index in [4.69, 9.17) is 15.0 Å². The highest BCUT2D eigenvalue weighted by Crippen LogP contribution is 2.29. The van der Waals surface area contributed by atoms with Crippen molar-refractivity contribution in [1.82, 2.24) is 48.6 Å². The topological polar surface area (TPSA) is 105 Å². The summed E-state index contributed by atoms with van der Waals surface area (Å²) in [5.41, 5.74) is 2.39. The zero-order valence-corrected chi connectivity index (χ0v) is 19.9. The van der Waals surface area contributed by atoms with Gasteiger partial charge < -0.3 is 0 Å². The number of para-hydroxylation sites is 1. The summed E-state index contributed by atoms with van der Waals surface area (Å²) in [6, 6.07) is 8.03. The molecule has 0 radical (unpaired) electrons. The fourth-order valence-corrected chi connectivity index (χ4v) is 4.35. The Hall–Kier alpha value is -4.47. The molecule has 35 heavy (non-hydrogen) atoms. The van der Waals surface area contributed by atoms with Crippen LogP contribution < -0.4 is 0 Å². The molecule has 5 aromatic heterocycles. The summed E-state index contributed by atoms with van der Waals surface area (Å²) in [6.45, 7) is 8.38. The van der Waals surface area contributed by atoms with E-state index in [1.54, 1.807) is 24.8 Å². The van der Waals surface area contributed by atoms with Crippen LogP contribution in [0.1, 0.15) is 51.2 Å². The molecule has 10 heteroatoms. The van der Waals surface area contributed by atoms with Gasteiger partial charge in [0.05, 0.1) is 5.52 Å². The van der Waals surface area contributed by atoms with Gasteiger partial charge in [-0.05, 0) is 6.07 Å². The van der Waals surface area contributed by atoms with E-state index in [1.807, 2.05) is 50.4 Å². The summed E-state index contributed by atoms with van der Waals surface area (Å²) >= 11 is 0. The van der Waals surface area contributed by atoms with Gasteiger partial charge in [-0.1, -0.05) is 45.9 Å². The van der Waals surface area contributed by atoms with Gasteiger partial charge in [-0.2, -0.15) is 15.0 Å². The van der Waals surface area contributed by atoms with Gasteiger partial charge in [0.2, 0.25) is 17.8 Å². The first-order valence-corrected chi connectivity index (χ1v) is 11.6. The predicted molar refractivity (Wildman–Crippen MR) is 132 cm³/mol. The summed E-state index contributed by atoms with van der Waals surface area (Å²) < 4.78 is 5.75. The van der Waals surface area contributed by atoms with E-state index in [0.29, 0.717) is 23.5 Å². The number of imidazole rings is 2. The molecule has 0 fully saturated rings. The lowest BCUT2D eigenvalue weighted by Gasteiger charge is -2.14. The Bertz CT molecular complexity index is 1550. The molecule has 0 bridgehead atoms. The third-order valence-electron chi connectivity index (χ3n) is 5.89. The molecule has 6 aromatic rings. The fraction of sp³-hybridized carbons (Fsp3) is 0.240. The van der Waals surface area contributed by atoms with Crippen molar-refractivity contribution in [2.75, 3.05) is 0 Å². The van der Waals surface area contributed by atoms with E-state index in [1.165, 1.54) is 0 Å². The molecule has 6 rings (SSSR count). The van der Waals surface area contributed by atoms with E-state index in [9.17, 15) is 0 Å². The van der Waals surface area contributed by atoms with E-state index in [0.717, 1.165) is 28.1 Å². The lowest BCUT2D eigenvalue weighted by molar-refractivity contribution is 0.700. The first kappa shape index (κ1) is 21.1. The highest BCUT2D eigenvalue weighted by atomic mass is 15.3. The molecule has 0 saturated heterocycles. The van der Waals surface area contributed by atoms with Gasteiger partial charge in [-0.3, -0.25) is 18.7 Å². The van der Waals surface area contributed by atoms with Crippen molar-refractivity contribution in [3.8, 4) is 17.8 Å². The van der Waals surface area contributed by atoms with Gasteiger partial charge in [0.1, 0.15) is 17.2 Å². The maximum Gasteiger partial charge on any atom is 0.242 e. The summed E-state index contributed by atoms with van der Waals surface area (Å²) in [6.07, 6.45) is 10.7. The monoisotopic (exact) mass is 464 g/mol. The molecule has 0 spiro atoms. The number of hydrogen-bond donors (Lipinski definition) is 0. The van der Waals surface area contributed by atoms with Gasteiger partial charge in [0.25, 0.3) is 0 Å². The maximum atomic E-state index is 4.91. The number of fused-ring (bicyclic) bond motifs is 3. The lowest BCUT2D eigenvalue weighted by atomic mass is 10.2. The molecule has 0 saturated carbocycles. The van der Waals surface area contributed by atoms with Gasteiger partial charge in [0, 0.05) is 54.4 Å². The number of hydrogen-bond acceptors (Lipinski definition) is 7. The largest absolute Gasteiger partial charge is 0.271 e. The second-order valence-corrected chi connectivity index (χ2v) is 8.94. The van der Waals surface area contributed by atoms with E-state index in [2.05, 4.69) is 47.6 Å². The van der Waals surface area contributed by atoms with Crippen LogP contribution in [0.3, 0.4) is 0 Å². The van der Waals surface area contributed by atoms with Crippen molar-refractivity contribution in [3.05, 3.63) is 73.1 Å². The Morgan fingerprint density at radius 2 is 1.20 bits per heavy atom. The molecule has 1 aromatic carbocycles. The SMILES string of the molecule is CC(C)c1nccn1-c1nc(-n2ccnc2C(C)C)nc(-n2c3ccccc3c3nccnc32)n1. The lowest BCUT2D eigenvalue weighted by Crippen LogP contribution is -2.16. The first-order chi connectivity index (χ1) is 17.0. The standard InChI is InChI=1S/C25H24N10/c1-15(2)20-28-11-13-33(20)23-30-24(34-14-12-29-21(34)16(3)4)32-25(31-23)35-18-8-6-5-7-17(18)19-22(35)27-10-9-26-19/h5-16H,1-4H3. The smallest absolute Gasteiger partial charge is 0.242 e. The Labute approximate surface area is 201 Å². The molecule has 0 unspecified atom stereocenters. The van der Waals surface area contributed by atoms with E-state index >= 15 is 0 Å². The Morgan fingerprint density at radius 1 is 0.629 bits per heavy atom. The quantitative estimate of drug-likeness (QED) is 0.373. The molecule has 10 nitrogen and oxygen atoms in total. The second kappa shape index (κ2) is 8.08. The highest BCUT2D eigenvalue weighted by Gasteiger charge is 2.21. The first-order valence-electron chi connectivity index (χ1n) is 11.6. The Morgan fingerprint density at radius 3 is 1.83 bits per heavy atom. The molecule has 5 heterocycles. The number of rotatable bonds is 5. The van der Waals surface area contributed by atoms with Crippen molar-refractivity contribution in [2.24, 2.45) is 0 Å². The van der Waals surface area contributed by atoms with Crippen LogP contribution >= 0.6 is 0 Å². The average molecular weight is 465 g/mol. The van der Waals surface area contributed by atoms with Gasteiger partial charge in [-0.15, -0.1) is 0 Å². The van der Waals surface area contributed by atoms with Crippen LogP contribution in [-0.2, 0) is 0 Å².